The van der Waals surface area contributed by atoms with Crippen molar-refractivity contribution in [3.8, 4) is 0 Å². The number of piperidine rings is 1. The predicted octanol–water partition coefficient (Wildman–Crippen LogP) is 2.85. The third-order valence-corrected chi connectivity index (χ3v) is 6.06. The van der Waals surface area contributed by atoms with Gasteiger partial charge in [-0.15, -0.1) is 0 Å². The number of nitrogens with one attached hydrogen (secondary N) is 1. The van der Waals surface area contributed by atoms with Gasteiger partial charge in [0, 0.05) is 30.1 Å². The van der Waals surface area contributed by atoms with Crippen molar-refractivity contribution in [3.05, 3.63) is 45.7 Å². The number of fused-ring (bicyclic) bond motifs is 1. The van der Waals surface area contributed by atoms with Gasteiger partial charge in [-0.05, 0) is 43.7 Å². The number of para-hydroxylation sites is 1. The number of benzene rings is 1. The third kappa shape index (κ3) is 3.05. The second-order valence-electron chi connectivity index (χ2n) is 8.16. The van der Waals surface area contributed by atoms with Crippen LogP contribution in [0.1, 0.15) is 48.0 Å². The van der Waals surface area contributed by atoms with Crippen molar-refractivity contribution in [2.45, 2.75) is 39.0 Å². The number of hydrogen-bond donors (Lipinski definition) is 2. The van der Waals surface area contributed by atoms with Gasteiger partial charge >= 0.3 is 0 Å². The minimum absolute atomic E-state index is 0.112. The summed E-state index contributed by atoms with van der Waals surface area (Å²) < 4.78 is 0. The number of nitrogens with zero attached hydrogens (tertiary/aromatic N) is 1. The fraction of sp³-hybridized carbons (Fsp3) is 0.524. The summed E-state index contributed by atoms with van der Waals surface area (Å²) in [5.41, 5.74) is 1.56. The summed E-state index contributed by atoms with van der Waals surface area (Å²) in [7, 11) is 0. The molecule has 1 atom stereocenters. The van der Waals surface area contributed by atoms with Crippen LogP contribution in [0.15, 0.2) is 29.2 Å². The second kappa shape index (κ2) is 6.54. The van der Waals surface area contributed by atoms with E-state index in [1.165, 1.54) is 12.8 Å². The number of aliphatic hydroxyl groups excluding tert-OH is 1. The van der Waals surface area contributed by atoms with E-state index >= 15 is 0 Å². The molecule has 1 aliphatic heterocycles. The Balaban J connectivity index is 1.63. The molecular weight excluding hydrogens is 328 g/mol. The number of carbonyl (C=O) groups excluding carboxylic acids is 1. The lowest BCUT2D eigenvalue weighted by Gasteiger charge is -2.42. The first-order valence-electron chi connectivity index (χ1n) is 9.54. The molecular formula is C21H26N2O3. The van der Waals surface area contributed by atoms with Crippen LogP contribution in [0.5, 0.6) is 0 Å². The maximum absolute atomic E-state index is 13.1. The van der Waals surface area contributed by atoms with Crippen molar-refractivity contribution in [1.29, 1.82) is 0 Å². The van der Waals surface area contributed by atoms with Gasteiger partial charge in [0.2, 0.25) is 5.43 Å². The topological polar surface area (TPSA) is 73.4 Å². The fourth-order valence-electron chi connectivity index (χ4n) is 4.41. The minimum atomic E-state index is -0.219. The molecule has 138 valence electrons. The van der Waals surface area contributed by atoms with Crippen molar-refractivity contribution < 1.29 is 9.90 Å². The van der Waals surface area contributed by atoms with E-state index in [4.69, 9.17) is 0 Å². The monoisotopic (exact) mass is 354 g/mol. The molecule has 1 aromatic heterocycles. The molecule has 2 heterocycles. The molecule has 2 aliphatic rings. The zero-order chi connectivity index (χ0) is 18.3. The standard InChI is InChI=1S/C21H26N2O3/c1-14-4-2-5-16-18(14)22-11-17(19(16)25)20(26)23-9-3-8-21(12-23,13-24)10-15-6-7-15/h2,4-5,11,15,24H,3,6-10,12-13H2,1H3,(H,22,25)/t21-/m1/s1. The molecule has 4 rings (SSSR count). The normalized spacial score (nSPS) is 23.4. The van der Waals surface area contributed by atoms with Gasteiger partial charge in [-0.1, -0.05) is 25.0 Å². The van der Waals surface area contributed by atoms with Crippen molar-refractivity contribution in [2.75, 3.05) is 19.7 Å². The van der Waals surface area contributed by atoms with Crippen LogP contribution in [0.2, 0.25) is 0 Å². The smallest absolute Gasteiger partial charge is 0.259 e. The van der Waals surface area contributed by atoms with Crippen molar-refractivity contribution in [3.63, 3.8) is 0 Å². The number of likely N-dealkylation sites (tertiary alicyclic amines) is 1. The van der Waals surface area contributed by atoms with Crippen LogP contribution in [0, 0.1) is 18.3 Å². The van der Waals surface area contributed by atoms with Gasteiger partial charge in [0.1, 0.15) is 5.56 Å². The Morgan fingerprint density at radius 3 is 2.92 bits per heavy atom. The maximum Gasteiger partial charge on any atom is 0.259 e. The van der Waals surface area contributed by atoms with Gasteiger partial charge < -0.3 is 15.0 Å². The van der Waals surface area contributed by atoms with Gasteiger partial charge in [0.05, 0.1) is 12.1 Å². The summed E-state index contributed by atoms with van der Waals surface area (Å²) >= 11 is 0. The van der Waals surface area contributed by atoms with E-state index in [1.807, 2.05) is 19.1 Å². The summed E-state index contributed by atoms with van der Waals surface area (Å²) in [4.78, 5) is 30.8. The second-order valence-corrected chi connectivity index (χ2v) is 8.16. The maximum atomic E-state index is 13.1. The Labute approximate surface area is 153 Å². The van der Waals surface area contributed by atoms with Gasteiger partial charge in [-0.3, -0.25) is 9.59 Å². The van der Waals surface area contributed by atoms with Crippen LogP contribution in [0.4, 0.5) is 0 Å². The van der Waals surface area contributed by atoms with Crippen LogP contribution in [-0.2, 0) is 0 Å². The molecule has 2 aromatic rings. The number of carbonyl (C=O) groups is 1. The van der Waals surface area contributed by atoms with E-state index in [9.17, 15) is 14.7 Å². The lowest BCUT2D eigenvalue weighted by molar-refractivity contribution is 0.0195. The van der Waals surface area contributed by atoms with Crippen LogP contribution >= 0.6 is 0 Å². The average Bonchev–Trinajstić information content (AvgIpc) is 3.46. The molecule has 2 N–H and O–H groups in total. The number of rotatable bonds is 4. The van der Waals surface area contributed by atoms with Crippen LogP contribution in [-0.4, -0.2) is 40.6 Å². The van der Waals surface area contributed by atoms with Crippen LogP contribution in [0.3, 0.4) is 0 Å². The predicted molar refractivity (Wildman–Crippen MR) is 101 cm³/mol. The summed E-state index contributed by atoms with van der Waals surface area (Å²) in [6.07, 6.45) is 6.84. The zero-order valence-electron chi connectivity index (χ0n) is 15.3. The molecule has 5 nitrogen and oxygen atoms in total. The largest absolute Gasteiger partial charge is 0.396 e. The molecule has 0 unspecified atom stereocenters. The number of aromatic nitrogens is 1. The van der Waals surface area contributed by atoms with Crippen molar-refractivity contribution in [1.82, 2.24) is 9.88 Å². The van der Waals surface area contributed by atoms with Gasteiger partial charge in [-0.2, -0.15) is 0 Å². The summed E-state index contributed by atoms with van der Waals surface area (Å²) in [5, 5.41) is 10.6. The summed E-state index contributed by atoms with van der Waals surface area (Å²) in [5.74, 6) is 0.479. The third-order valence-electron chi connectivity index (χ3n) is 6.06. The molecule has 26 heavy (non-hydrogen) atoms. The molecule has 1 saturated heterocycles. The first kappa shape index (κ1) is 17.3. The van der Waals surface area contributed by atoms with Crippen molar-refractivity contribution >= 4 is 16.8 Å². The Hall–Kier alpha value is -2.14. The first-order valence-corrected chi connectivity index (χ1v) is 9.54. The fourth-order valence-corrected chi connectivity index (χ4v) is 4.41. The minimum Gasteiger partial charge on any atom is -0.396 e. The molecule has 0 bridgehead atoms. The Morgan fingerprint density at radius 1 is 1.38 bits per heavy atom. The average molecular weight is 354 g/mol. The van der Waals surface area contributed by atoms with Crippen LogP contribution < -0.4 is 5.43 Å². The highest BCUT2D eigenvalue weighted by Gasteiger charge is 2.41. The lowest BCUT2D eigenvalue weighted by atomic mass is 9.76. The highest BCUT2D eigenvalue weighted by atomic mass is 16.3. The highest BCUT2D eigenvalue weighted by Crippen LogP contribution is 2.44. The van der Waals surface area contributed by atoms with Gasteiger partial charge in [-0.25, -0.2) is 0 Å². The number of pyridine rings is 1. The Morgan fingerprint density at radius 2 is 2.19 bits per heavy atom. The SMILES string of the molecule is Cc1cccc2c(=O)c(C(=O)N3CCC[C@@](CO)(CC4CC4)C3)c[nH]c12. The van der Waals surface area contributed by atoms with Gasteiger partial charge in [0.25, 0.3) is 5.91 Å². The Bertz CT molecular complexity index is 900. The molecule has 1 saturated carbocycles. The molecule has 0 radical (unpaired) electrons. The van der Waals surface area contributed by atoms with Gasteiger partial charge in [0.15, 0.2) is 0 Å². The molecule has 1 amide bonds. The summed E-state index contributed by atoms with van der Waals surface area (Å²) in [6.45, 7) is 3.25. The number of hydrogen-bond acceptors (Lipinski definition) is 3. The number of aromatic amines is 1. The van der Waals surface area contributed by atoms with E-state index in [1.54, 1.807) is 17.2 Å². The quantitative estimate of drug-likeness (QED) is 0.887. The number of aliphatic hydroxyl groups is 1. The van der Waals surface area contributed by atoms with Crippen LogP contribution in [0.25, 0.3) is 10.9 Å². The molecule has 1 aromatic carbocycles. The van der Waals surface area contributed by atoms with Crippen molar-refractivity contribution in [2.24, 2.45) is 11.3 Å². The highest BCUT2D eigenvalue weighted by molar-refractivity contribution is 5.97. The first-order chi connectivity index (χ1) is 12.5. The number of aryl methyl sites for hydroxylation is 1. The lowest BCUT2D eigenvalue weighted by Crippen LogP contribution is -2.49. The summed E-state index contributed by atoms with van der Waals surface area (Å²) in [6, 6.07) is 5.55. The van der Waals surface area contributed by atoms with E-state index < -0.39 is 0 Å². The van der Waals surface area contributed by atoms with E-state index in [0.29, 0.717) is 24.4 Å². The number of amides is 1. The molecule has 1 aliphatic carbocycles. The number of H-pyrrole nitrogens is 1. The van der Waals surface area contributed by atoms with E-state index in [2.05, 4.69) is 4.98 Å². The van der Waals surface area contributed by atoms with E-state index in [-0.39, 0.29) is 28.9 Å². The molecule has 2 fully saturated rings. The Kier molecular flexibility index (Phi) is 4.35. The molecule has 0 spiro atoms. The molecule has 5 heteroatoms. The van der Waals surface area contributed by atoms with E-state index in [0.717, 1.165) is 30.3 Å². The zero-order valence-corrected chi connectivity index (χ0v) is 15.3.